The molecular weight excluding hydrogens is 260 g/mol. The van der Waals surface area contributed by atoms with E-state index < -0.39 is 0 Å². The van der Waals surface area contributed by atoms with Crippen LogP contribution in [0.15, 0.2) is 49.2 Å². The van der Waals surface area contributed by atoms with Crippen LogP contribution in [0.25, 0.3) is 16.5 Å². The van der Waals surface area contributed by atoms with Gasteiger partial charge in [-0.2, -0.15) is 0 Å². The molecular formula is C17H20N4. The molecule has 0 aliphatic rings. The van der Waals surface area contributed by atoms with Gasteiger partial charge in [-0.3, -0.25) is 4.98 Å². The van der Waals surface area contributed by atoms with Gasteiger partial charge in [-0.15, -0.1) is 0 Å². The summed E-state index contributed by atoms with van der Waals surface area (Å²) in [4.78, 5) is 8.54. The second-order valence-electron chi connectivity index (χ2n) is 5.65. The predicted molar refractivity (Wildman–Crippen MR) is 85.5 cm³/mol. The van der Waals surface area contributed by atoms with Crippen molar-refractivity contribution in [1.29, 1.82) is 0 Å². The van der Waals surface area contributed by atoms with Crippen LogP contribution in [0, 0.1) is 5.92 Å². The van der Waals surface area contributed by atoms with Gasteiger partial charge in [0.1, 0.15) is 0 Å². The molecule has 3 aromatic rings. The Bertz CT molecular complexity index is 740. The lowest BCUT2D eigenvalue weighted by Crippen LogP contribution is -2.20. The highest BCUT2D eigenvalue weighted by Crippen LogP contribution is 2.28. The Morgan fingerprint density at radius 3 is 2.76 bits per heavy atom. The lowest BCUT2D eigenvalue weighted by atomic mass is 9.92. The number of nitrogens with zero attached hydrogens (tertiary/aromatic N) is 3. The largest absolute Gasteiger partial charge is 0.330 e. The number of imidazole rings is 1. The van der Waals surface area contributed by atoms with Crippen molar-refractivity contribution in [3.63, 3.8) is 0 Å². The maximum Gasteiger partial charge on any atom is 0.0994 e. The van der Waals surface area contributed by atoms with E-state index in [0.717, 1.165) is 16.8 Å². The van der Waals surface area contributed by atoms with Crippen molar-refractivity contribution in [2.75, 3.05) is 6.54 Å². The zero-order chi connectivity index (χ0) is 14.8. The minimum Gasteiger partial charge on any atom is -0.330 e. The average molecular weight is 280 g/mol. The molecule has 2 aromatic heterocycles. The third-order valence-corrected chi connectivity index (χ3v) is 4.02. The molecule has 0 amide bonds. The Kier molecular flexibility index (Phi) is 3.71. The molecule has 0 radical (unpaired) electrons. The van der Waals surface area contributed by atoms with E-state index in [9.17, 15) is 0 Å². The quantitative estimate of drug-likeness (QED) is 0.799. The van der Waals surface area contributed by atoms with Crippen LogP contribution < -0.4 is 5.73 Å². The zero-order valence-corrected chi connectivity index (χ0v) is 12.4. The predicted octanol–water partition coefficient (Wildman–Crippen LogP) is 3.12. The smallest absolute Gasteiger partial charge is 0.0994 e. The molecule has 0 aliphatic heterocycles. The molecule has 0 bridgehead atoms. The van der Waals surface area contributed by atoms with Gasteiger partial charge in [-0.05, 0) is 18.1 Å². The van der Waals surface area contributed by atoms with E-state index in [1.807, 2.05) is 31.0 Å². The maximum absolute atomic E-state index is 5.97. The molecule has 3 rings (SSSR count). The van der Waals surface area contributed by atoms with E-state index >= 15 is 0 Å². The first-order chi connectivity index (χ1) is 10.2. The highest BCUT2D eigenvalue weighted by molar-refractivity contribution is 5.89. The van der Waals surface area contributed by atoms with E-state index in [2.05, 4.69) is 46.6 Å². The zero-order valence-electron chi connectivity index (χ0n) is 12.4. The van der Waals surface area contributed by atoms with Crippen LogP contribution in [0.1, 0.15) is 25.5 Å². The highest BCUT2D eigenvalue weighted by atomic mass is 15.1. The Morgan fingerprint density at radius 2 is 2.00 bits per heavy atom. The molecule has 0 spiro atoms. The van der Waals surface area contributed by atoms with Gasteiger partial charge in [-0.1, -0.05) is 26.0 Å². The average Bonchev–Trinajstić information content (AvgIpc) is 2.96. The Morgan fingerprint density at radius 1 is 1.14 bits per heavy atom. The Hall–Kier alpha value is -2.20. The summed E-state index contributed by atoms with van der Waals surface area (Å²) in [6.07, 6.45) is 7.51. The van der Waals surface area contributed by atoms with E-state index in [-0.39, 0.29) is 0 Å². The fraction of sp³-hybridized carbons (Fsp3) is 0.294. The summed E-state index contributed by atoms with van der Waals surface area (Å²) in [6, 6.07) is 8.28. The van der Waals surface area contributed by atoms with E-state index in [1.54, 1.807) is 0 Å². The van der Waals surface area contributed by atoms with Crippen molar-refractivity contribution in [3.8, 4) is 5.69 Å². The van der Waals surface area contributed by atoms with Crippen LogP contribution >= 0.6 is 0 Å². The van der Waals surface area contributed by atoms with Crippen molar-refractivity contribution >= 4 is 10.8 Å². The van der Waals surface area contributed by atoms with Gasteiger partial charge < -0.3 is 10.3 Å². The number of rotatable bonds is 4. The first kappa shape index (κ1) is 13.8. The van der Waals surface area contributed by atoms with E-state index in [0.29, 0.717) is 18.4 Å². The summed E-state index contributed by atoms with van der Waals surface area (Å²) in [6.45, 7) is 5.01. The first-order valence-corrected chi connectivity index (χ1v) is 7.27. The van der Waals surface area contributed by atoms with Crippen molar-refractivity contribution in [3.05, 3.63) is 54.9 Å². The van der Waals surface area contributed by atoms with Crippen LogP contribution in [0.4, 0.5) is 0 Å². The normalized spacial score (nSPS) is 13.0. The lowest BCUT2D eigenvalue weighted by Gasteiger charge is -2.21. The third-order valence-electron chi connectivity index (χ3n) is 4.02. The molecule has 21 heavy (non-hydrogen) atoms. The number of hydrogen-bond acceptors (Lipinski definition) is 3. The lowest BCUT2D eigenvalue weighted by molar-refractivity contribution is 0.490. The van der Waals surface area contributed by atoms with Crippen LogP contribution in [-0.2, 0) is 0 Å². The Balaban J connectivity index is 2.19. The minimum absolute atomic E-state index is 0.296. The van der Waals surface area contributed by atoms with Gasteiger partial charge in [0.2, 0.25) is 0 Å². The van der Waals surface area contributed by atoms with E-state index in [1.165, 1.54) is 5.39 Å². The van der Waals surface area contributed by atoms with Gasteiger partial charge in [0.05, 0.1) is 12.0 Å². The summed E-state index contributed by atoms with van der Waals surface area (Å²) in [5.41, 5.74) is 8.26. The van der Waals surface area contributed by atoms with Crippen molar-refractivity contribution in [1.82, 2.24) is 14.5 Å². The molecule has 108 valence electrons. The van der Waals surface area contributed by atoms with Gasteiger partial charge in [-0.25, -0.2) is 4.98 Å². The second kappa shape index (κ2) is 5.66. The molecule has 1 atom stereocenters. The molecule has 4 nitrogen and oxygen atoms in total. The number of pyridine rings is 1. The molecule has 0 aliphatic carbocycles. The van der Waals surface area contributed by atoms with Gasteiger partial charge in [0, 0.05) is 47.5 Å². The van der Waals surface area contributed by atoms with Crippen LogP contribution in [0.3, 0.4) is 0 Å². The van der Waals surface area contributed by atoms with Crippen molar-refractivity contribution in [2.24, 2.45) is 11.7 Å². The first-order valence-electron chi connectivity index (χ1n) is 7.27. The van der Waals surface area contributed by atoms with Crippen LogP contribution in [0.5, 0.6) is 0 Å². The number of nitrogens with two attached hydrogens (primary N) is 1. The van der Waals surface area contributed by atoms with Crippen LogP contribution in [0.2, 0.25) is 0 Å². The van der Waals surface area contributed by atoms with Crippen LogP contribution in [-0.4, -0.2) is 21.1 Å². The molecule has 2 heterocycles. The van der Waals surface area contributed by atoms with Crippen molar-refractivity contribution in [2.45, 2.75) is 19.8 Å². The Labute approximate surface area is 124 Å². The molecule has 2 N–H and O–H groups in total. The summed E-state index contributed by atoms with van der Waals surface area (Å²) < 4.78 is 2.15. The summed E-state index contributed by atoms with van der Waals surface area (Å²) in [7, 11) is 0. The summed E-state index contributed by atoms with van der Waals surface area (Å²) in [5, 5.41) is 2.30. The number of benzene rings is 1. The molecule has 0 fully saturated rings. The fourth-order valence-electron chi connectivity index (χ4n) is 2.83. The highest BCUT2D eigenvalue weighted by Gasteiger charge is 2.19. The minimum atomic E-state index is 0.296. The molecule has 4 heteroatoms. The standard InChI is InChI=1S/C17H20N4/c1-12(2)15(8-18)17-10-20-11-21(17)16-5-3-4-13-9-19-7-6-14(13)16/h3-7,9-12,15H,8,18H2,1-2H3. The summed E-state index contributed by atoms with van der Waals surface area (Å²) >= 11 is 0. The van der Waals surface area contributed by atoms with Gasteiger partial charge >= 0.3 is 0 Å². The molecule has 0 saturated heterocycles. The third kappa shape index (κ3) is 2.43. The van der Waals surface area contributed by atoms with Crippen molar-refractivity contribution < 1.29 is 0 Å². The monoisotopic (exact) mass is 280 g/mol. The summed E-state index contributed by atoms with van der Waals surface area (Å²) in [5.74, 6) is 0.770. The topological polar surface area (TPSA) is 56.7 Å². The number of aromatic nitrogens is 3. The number of hydrogen-bond donors (Lipinski definition) is 1. The fourth-order valence-corrected chi connectivity index (χ4v) is 2.83. The SMILES string of the molecule is CC(C)C(CN)c1cncn1-c1cccc2cnccc12. The molecule has 0 saturated carbocycles. The number of fused-ring (bicyclic) bond motifs is 1. The molecule has 1 aromatic carbocycles. The molecule has 1 unspecified atom stereocenters. The second-order valence-corrected chi connectivity index (χ2v) is 5.65. The van der Waals surface area contributed by atoms with Gasteiger partial charge in [0.15, 0.2) is 0 Å². The van der Waals surface area contributed by atoms with E-state index in [4.69, 9.17) is 5.73 Å². The van der Waals surface area contributed by atoms with Gasteiger partial charge in [0.25, 0.3) is 0 Å². The maximum atomic E-state index is 5.97.